The summed E-state index contributed by atoms with van der Waals surface area (Å²) >= 11 is 6.51. The Hall–Kier alpha value is -2.48. The van der Waals surface area contributed by atoms with Crippen molar-refractivity contribution < 1.29 is 9.47 Å². The van der Waals surface area contributed by atoms with Crippen molar-refractivity contribution in [3.8, 4) is 22.8 Å². The fraction of sp³-hybridized carbons (Fsp3) is 0.552. The molecule has 37 heavy (non-hydrogen) atoms. The number of halogens is 1. The average molecular weight is 528 g/mol. The number of piperidine rings is 1. The molecule has 4 rings (SSSR count). The molecule has 3 heterocycles. The summed E-state index contributed by atoms with van der Waals surface area (Å²) in [6.45, 7) is 7.09. The molecule has 1 N–H and O–H groups in total. The van der Waals surface area contributed by atoms with Gasteiger partial charge in [0.25, 0.3) is 0 Å². The zero-order valence-corrected chi connectivity index (χ0v) is 23.6. The zero-order chi connectivity index (χ0) is 26.2. The highest BCUT2D eigenvalue weighted by atomic mass is 35.5. The summed E-state index contributed by atoms with van der Waals surface area (Å²) in [5, 5.41) is 4.29. The van der Waals surface area contributed by atoms with Crippen LogP contribution in [0.1, 0.15) is 45.4 Å². The van der Waals surface area contributed by atoms with Gasteiger partial charge in [0.1, 0.15) is 17.1 Å². The summed E-state index contributed by atoms with van der Waals surface area (Å²) in [6, 6.07) is 8.76. The Labute approximate surface area is 226 Å². The van der Waals surface area contributed by atoms with Crippen LogP contribution < -0.4 is 19.7 Å². The van der Waals surface area contributed by atoms with Crippen LogP contribution in [0.4, 0.5) is 5.69 Å². The van der Waals surface area contributed by atoms with Crippen LogP contribution >= 0.6 is 11.6 Å². The number of hydrogen-bond acceptors (Lipinski definition) is 6. The Balaban J connectivity index is 1.48. The van der Waals surface area contributed by atoms with Crippen molar-refractivity contribution in [3.63, 3.8) is 0 Å². The first kappa shape index (κ1) is 27.6. The molecule has 0 aliphatic carbocycles. The fourth-order valence-corrected chi connectivity index (χ4v) is 5.14. The van der Waals surface area contributed by atoms with E-state index in [2.05, 4.69) is 58.9 Å². The number of anilines is 1. The van der Waals surface area contributed by atoms with Crippen LogP contribution in [-0.4, -0.2) is 74.3 Å². The van der Waals surface area contributed by atoms with Crippen LogP contribution in [0.5, 0.6) is 11.5 Å². The highest BCUT2D eigenvalue weighted by Crippen LogP contribution is 2.38. The molecule has 0 radical (unpaired) electrons. The highest BCUT2D eigenvalue weighted by Gasteiger charge is 2.20. The summed E-state index contributed by atoms with van der Waals surface area (Å²) < 4.78 is 13.7. The molecule has 2 aromatic heterocycles. The van der Waals surface area contributed by atoms with Gasteiger partial charge < -0.3 is 29.0 Å². The Bertz CT molecular complexity index is 1140. The predicted molar refractivity (Wildman–Crippen MR) is 154 cm³/mol. The number of nitrogens with one attached hydrogen (secondary N) is 1. The van der Waals surface area contributed by atoms with E-state index in [-0.39, 0.29) is 0 Å². The Kier molecular flexibility index (Phi) is 9.95. The number of pyridine rings is 1. The Morgan fingerprint density at radius 2 is 1.92 bits per heavy atom. The SMILES string of the molecule is CCCCCNC1CCN(c2ccn3cc(-c4cc(Cl)c(OC)cc4OCCCN(C)C)nc3c2)CC1. The molecule has 0 spiro atoms. The number of rotatable bonds is 13. The molecule has 0 unspecified atom stereocenters. The molecule has 1 aliphatic rings. The second kappa shape index (κ2) is 13.4. The molecular formula is C29H42ClN5O2. The fourth-order valence-electron chi connectivity index (χ4n) is 4.89. The van der Waals surface area contributed by atoms with Crippen molar-refractivity contribution in [2.75, 3.05) is 58.9 Å². The minimum atomic E-state index is 0.544. The average Bonchev–Trinajstić information content (AvgIpc) is 3.33. The summed E-state index contributed by atoms with van der Waals surface area (Å²) in [5.41, 5.74) is 3.84. The van der Waals surface area contributed by atoms with Gasteiger partial charge in [-0.15, -0.1) is 0 Å². The number of methoxy groups -OCH3 is 1. The molecule has 3 aromatic rings. The van der Waals surface area contributed by atoms with E-state index < -0.39 is 0 Å². The zero-order valence-electron chi connectivity index (χ0n) is 22.8. The maximum absolute atomic E-state index is 6.51. The van der Waals surface area contributed by atoms with Gasteiger partial charge in [-0.05, 0) is 58.5 Å². The van der Waals surface area contributed by atoms with E-state index in [1.54, 1.807) is 7.11 Å². The number of nitrogens with zero attached hydrogens (tertiary/aromatic N) is 4. The summed E-state index contributed by atoms with van der Waals surface area (Å²) in [4.78, 5) is 9.59. The maximum atomic E-state index is 6.51. The van der Waals surface area contributed by atoms with E-state index in [0.29, 0.717) is 23.4 Å². The van der Waals surface area contributed by atoms with Crippen molar-refractivity contribution in [2.45, 2.75) is 51.5 Å². The first-order valence-electron chi connectivity index (χ1n) is 13.6. The van der Waals surface area contributed by atoms with Gasteiger partial charge in [-0.3, -0.25) is 0 Å². The van der Waals surface area contributed by atoms with Crippen LogP contribution in [0.25, 0.3) is 16.9 Å². The summed E-state index contributed by atoms with van der Waals surface area (Å²) in [5.74, 6) is 1.33. The molecule has 8 heteroatoms. The summed E-state index contributed by atoms with van der Waals surface area (Å²) in [7, 11) is 5.75. The van der Waals surface area contributed by atoms with Gasteiger partial charge in [0.2, 0.25) is 0 Å². The van der Waals surface area contributed by atoms with E-state index in [1.807, 2.05) is 18.3 Å². The first-order valence-corrected chi connectivity index (χ1v) is 14.0. The van der Waals surface area contributed by atoms with Crippen molar-refractivity contribution in [2.24, 2.45) is 0 Å². The first-order chi connectivity index (χ1) is 18.0. The Morgan fingerprint density at radius 3 is 2.65 bits per heavy atom. The van der Waals surface area contributed by atoms with Gasteiger partial charge in [0.05, 0.1) is 24.4 Å². The van der Waals surface area contributed by atoms with Gasteiger partial charge in [-0.2, -0.15) is 0 Å². The maximum Gasteiger partial charge on any atom is 0.141 e. The lowest BCUT2D eigenvalue weighted by Gasteiger charge is -2.34. The lowest BCUT2D eigenvalue weighted by Crippen LogP contribution is -2.42. The molecule has 1 aromatic carbocycles. The van der Waals surface area contributed by atoms with E-state index >= 15 is 0 Å². The van der Waals surface area contributed by atoms with E-state index in [4.69, 9.17) is 26.1 Å². The van der Waals surface area contributed by atoms with Crippen molar-refractivity contribution in [1.82, 2.24) is 19.6 Å². The van der Waals surface area contributed by atoms with Gasteiger partial charge in [-0.1, -0.05) is 31.4 Å². The molecule has 202 valence electrons. The van der Waals surface area contributed by atoms with E-state index in [9.17, 15) is 0 Å². The topological polar surface area (TPSA) is 54.3 Å². The third kappa shape index (κ3) is 7.30. The Morgan fingerprint density at radius 1 is 1.11 bits per heavy atom. The van der Waals surface area contributed by atoms with Crippen LogP contribution in [0.15, 0.2) is 36.7 Å². The second-order valence-electron chi connectivity index (χ2n) is 10.2. The van der Waals surface area contributed by atoms with Gasteiger partial charge >= 0.3 is 0 Å². The number of aromatic nitrogens is 2. The van der Waals surface area contributed by atoms with E-state index in [1.165, 1.54) is 37.8 Å². The second-order valence-corrected chi connectivity index (χ2v) is 10.6. The van der Waals surface area contributed by atoms with Crippen LogP contribution in [-0.2, 0) is 0 Å². The lowest BCUT2D eigenvalue weighted by molar-refractivity contribution is 0.281. The minimum absolute atomic E-state index is 0.544. The van der Waals surface area contributed by atoms with Crippen LogP contribution in [0.3, 0.4) is 0 Å². The van der Waals surface area contributed by atoms with Crippen LogP contribution in [0, 0.1) is 0 Å². The smallest absolute Gasteiger partial charge is 0.141 e. The van der Waals surface area contributed by atoms with Crippen molar-refractivity contribution in [3.05, 3.63) is 41.7 Å². The number of benzene rings is 1. The minimum Gasteiger partial charge on any atom is -0.495 e. The molecule has 1 saturated heterocycles. The van der Waals surface area contributed by atoms with Crippen LogP contribution in [0.2, 0.25) is 5.02 Å². The van der Waals surface area contributed by atoms with Crippen molar-refractivity contribution >= 4 is 22.9 Å². The third-order valence-electron chi connectivity index (χ3n) is 7.05. The predicted octanol–water partition coefficient (Wildman–Crippen LogP) is 5.74. The van der Waals surface area contributed by atoms with Crippen molar-refractivity contribution in [1.29, 1.82) is 0 Å². The molecule has 1 aliphatic heterocycles. The molecule has 0 bridgehead atoms. The summed E-state index contributed by atoms with van der Waals surface area (Å²) in [6.07, 6.45) is 11.3. The number of imidazole rings is 1. The number of hydrogen-bond donors (Lipinski definition) is 1. The molecule has 7 nitrogen and oxygen atoms in total. The number of unbranched alkanes of at least 4 members (excludes halogenated alkanes) is 2. The lowest BCUT2D eigenvalue weighted by atomic mass is 10.0. The third-order valence-corrected chi connectivity index (χ3v) is 7.35. The molecule has 0 saturated carbocycles. The highest BCUT2D eigenvalue weighted by molar-refractivity contribution is 6.32. The molecule has 0 amide bonds. The molecular weight excluding hydrogens is 486 g/mol. The van der Waals surface area contributed by atoms with E-state index in [0.717, 1.165) is 55.3 Å². The number of ether oxygens (including phenoxy) is 2. The van der Waals surface area contributed by atoms with Gasteiger partial charge in [-0.25, -0.2) is 4.98 Å². The number of fused-ring (bicyclic) bond motifs is 1. The standard InChI is InChI=1S/C29H42ClN5O2/c1-5-6-7-12-31-22-9-14-34(15-10-22)23-11-16-35-21-26(32-29(35)18-23)24-19-25(30)28(36-4)20-27(24)37-17-8-13-33(2)3/h11,16,18-22,31H,5-10,12-15,17H2,1-4H3. The normalized spacial score (nSPS) is 14.6. The molecule has 1 fully saturated rings. The largest absolute Gasteiger partial charge is 0.495 e. The quantitative estimate of drug-likeness (QED) is 0.286. The van der Waals surface area contributed by atoms with Gasteiger partial charge in [0.15, 0.2) is 0 Å². The van der Waals surface area contributed by atoms with Gasteiger partial charge in [0, 0.05) is 61.5 Å². The monoisotopic (exact) mass is 527 g/mol. The molecule has 0 atom stereocenters.